The van der Waals surface area contributed by atoms with Gasteiger partial charge in [-0.05, 0) is 37.7 Å². The molecule has 1 aromatic rings. The maximum atomic E-state index is 12.0. The van der Waals surface area contributed by atoms with Crippen LogP contribution < -0.4 is 16.0 Å². The van der Waals surface area contributed by atoms with Gasteiger partial charge in [-0.15, -0.1) is 0 Å². The molecule has 132 valence electrons. The van der Waals surface area contributed by atoms with Gasteiger partial charge in [0.1, 0.15) is 0 Å². The molecule has 1 aromatic carbocycles. The molecule has 0 radical (unpaired) electrons. The molecule has 1 saturated heterocycles. The lowest BCUT2D eigenvalue weighted by atomic mass is 10.1. The number of hydrogen-bond acceptors (Lipinski definition) is 5. The second-order valence-corrected chi connectivity index (χ2v) is 7.21. The lowest BCUT2D eigenvalue weighted by Crippen LogP contribution is -2.44. The van der Waals surface area contributed by atoms with Crippen LogP contribution in [0.4, 0.5) is 11.4 Å². The number of hydrogen-bond donors (Lipinski definition) is 2. The highest BCUT2D eigenvalue weighted by atomic mass is 32.2. The minimum absolute atomic E-state index is 0.0394. The van der Waals surface area contributed by atoms with Crippen LogP contribution in [0.3, 0.4) is 0 Å². The number of aryl methyl sites for hydroxylation is 1. The summed E-state index contributed by atoms with van der Waals surface area (Å²) in [5, 5.41) is 2.94. The quantitative estimate of drug-likeness (QED) is 0.725. The summed E-state index contributed by atoms with van der Waals surface area (Å²) in [5.74, 6) is 0.456. The molecule has 0 aromatic heterocycles. The Bertz CT molecular complexity index is 586. The number of nitrogens with one attached hydrogen (secondary N) is 1. The van der Waals surface area contributed by atoms with E-state index in [1.165, 1.54) is 17.4 Å². The molecule has 2 rings (SSSR count). The van der Waals surface area contributed by atoms with Crippen LogP contribution in [0.1, 0.15) is 12.0 Å². The van der Waals surface area contributed by atoms with Crippen molar-refractivity contribution in [2.75, 3.05) is 54.9 Å². The second kappa shape index (κ2) is 8.94. The van der Waals surface area contributed by atoms with Gasteiger partial charge in [0, 0.05) is 49.7 Å². The summed E-state index contributed by atoms with van der Waals surface area (Å²) in [7, 11) is 2.14. The first-order valence-electron chi connectivity index (χ1n) is 8.16. The Morgan fingerprint density at radius 1 is 1.25 bits per heavy atom. The Balaban J connectivity index is 1.85. The van der Waals surface area contributed by atoms with Gasteiger partial charge in [-0.1, -0.05) is 0 Å². The van der Waals surface area contributed by atoms with Crippen molar-refractivity contribution in [3.05, 3.63) is 23.8 Å². The monoisotopic (exact) mass is 350 g/mol. The Morgan fingerprint density at radius 3 is 2.58 bits per heavy atom. The third-order valence-corrected chi connectivity index (χ3v) is 5.05. The topological polar surface area (TPSA) is 78.7 Å². The van der Waals surface area contributed by atoms with Crippen molar-refractivity contribution in [2.45, 2.75) is 13.3 Å². The number of rotatable bonds is 7. The number of piperazine rings is 1. The fourth-order valence-electron chi connectivity index (χ4n) is 2.60. The predicted molar refractivity (Wildman–Crippen MR) is 101 cm³/mol. The first kappa shape index (κ1) is 18.6. The molecule has 1 aliphatic rings. The van der Waals surface area contributed by atoms with Gasteiger partial charge < -0.3 is 20.9 Å². The minimum atomic E-state index is -0.351. The van der Waals surface area contributed by atoms with Crippen molar-refractivity contribution in [1.29, 1.82) is 0 Å². The van der Waals surface area contributed by atoms with Crippen LogP contribution in [-0.4, -0.2) is 61.4 Å². The van der Waals surface area contributed by atoms with E-state index in [2.05, 4.69) is 34.3 Å². The molecule has 1 heterocycles. The number of nitrogens with zero attached hydrogens (tertiary/aromatic N) is 2. The third kappa shape index (κ3) is 5.72. The average Bonchev–Trinajstić information content (AvgIpc) is 2.54. The van der Waals surface area contributed by atoms with Crippen molar-refractivity contribution in [2.24, 2.45) is 5.73 Å². The number of anilines is 2. The van der Waals surface area contributed by atoms with Crippen LogP contribution in [0.2, 0.25) is 0 Å². The van der Waals surface area contributed by atoms with Gasteiger partial charge in [-0.2, -0.15) is 11.8 Å². The zero-order chi connectivity index (χ0) is 17.5. The van der Waals surface area contributed by atoms with E-state index in [-0.39, 0.29) is 17.6 Å². The lowest BCUT2D eigenvalue weighted by molar-refractivity contribution is -0.116. The largest absolute Gasteiger partial charge is 0.369 e. The summed E-state index contributed by atoms with van der Waals surface area (Å²) < 4.78 is 0. The Labute approximate surface area is 147 Å². The minimum Gasteiger partial charge on any atom is -0.369 e. The van der Waals surface area contributed by atoms with Gasteiger partial charge in [0.2, 0.25) is 11.8 Å². The molecule has 1 fully saturated rings. The number of carbonyl (C=O) groups excluding carboxylic acids is 2. The summed E-state index contributed by atoms with van der Waals surface area (Å²) in [6.07, 6.45) is 0.373. The fourth-order valence-corrected chi connectivity index (χ4v) is 3.28. The summed E-state index contributed by atoms with van der Waals surface area (Å²) in [4.78, 5) is 27.3. The van der Waals surface area contributed by atoms with Crippen LogP contribution >= 0.6 is 11.8 Å². The number of amides is 2. The standard InChI is InChI=1S/C17H26N4O2S/c1-13-11-14(21-8-6-20(2)7-9-21)3-4-15(13)19-17(23)5-10-24-12-16(18)22/h3-4,11H,5-10,12H2,1-2H3,(H2,18,22)(H,19,23). The van der Waals surface area contributed by atoms with Gasteiger partial charge in [0.25, 0.3) is 0 Å². The number of thioether (sulfide) groups is 1. The smallest absolute Gasteiger partial charge is 0.227 e. The van der Waals surface area contributed by atoms with E-state index in [1.54, 1.807) is 0 Å². The van der Waals surface area contributed by atoms with Gasteiger partial charge in [0.15, 0.2) is 0 Å². The molecule has 7 heteroatoms. The summed E-state index contributed by atoms with van der Waals surface area (Å²) in [6, 6.07) is 6.16. The maximum Gasteiger partial charge on any atom is 0.227 e. The molecule has 0 atom stereocenters. The maximum absolute atomic E-state index is 12.0. The molecular formula is C17H26N4O2S. The van der Waals surface area contributed by atoms with E-state index in [0.717, 1.165) is 37.4 Å². The first-order valence-corrected chi connectivity index (χ1v) is 9.31. The van der Waals surface area contributed by atoms with Crippen molar-refractivity contribution in [3.63, 3.8) is 0 Å². The van der Waals surface area contributed by atoms with Crippen LogP contribution in [0, 0.1) is 6.92 Å². The lowest BCUT2D eigenvalue weighted by Gasteiger charge is -2.34. The van der Waals surface area contributed by atoms with E-state index in [1.807, 2.05) is 13.0 Å². The van der Waals surface area contributed by atoms with E-state index < -0.39 is 0 Å². The average molecular weight is 350 g/mol. The molecule has 0 saturated carbocycles. The number of nitrogens with two attached hydrogens (primary N) is 1. The van der Waals surface area contributed by atoms with Gasteiger partial charge >= 0.3 is 0 Å². The highest BCUT2D eigenvalue weighted by molar-refractivity contribution is 7.99. The molecule has 0 bridgehead atoms. The van der Waals surface area contributed by atoms with Gasteiger partial charge in [-0.3, -0.25) is 9.59 Å². The van der Waals surface area contributed by atoms with Crippen LogP contribution in [0.5, 0.6) is 0 Å². The van der Waals surface area contributed by atoms with E-state index >= 15 is 0 Å². The number of benzene rings is 1. The molecule has 0 aliphatic carbocycles. The molecule has 24 heavy (non-hydrogen) atoms. The van der Waals surface area contributed by atoms with E-state index in [4.69, 9.17) is 5.73 Å². The Kier molecular flexibility index (Phi) is 6.93. The molecule has 0 spiro atoms. The summed E-state index contributed by atoms with van der Waals surface area (Å²) in [5.41, 5.74) is 8.18. The predicted octanol–water partition coefficient (Wildman–Crippen LogP) is 1.29. The highest BCUT2D eigenvalue weighted by Crippen LogP contribution is 2.23. The second-order valence-electron chi connectivity index (χ2n) is 6.11. The van der Waals surface area contributed by atoms with E-state index in [0.29, 0.717) is 12.2 Å². The fraction of sp³-hybridized carbons (Fsp3) is 0.529. The third-order valence-electron chi connectivity index (χ3n) is 4.07. The van der Waals surface area contributed by atoms with Crippen molar-refractivity contribution in [1.82, 2.24) is 4.90 Å². The summed E-state index contributed by atoms with van der Waals surface area (Å²) in [6.45, 7) is 6.20. The first-order chi connectivity index (χ1) is 11.5. The Morgan fingerprint density at radius 2 is 1.96 bits per heavy atom. The molecule has 6 nitrogen and oxygen atoms in total. The van der Waals surface area contributed by atoms with E-state index in [9.17, 15) is 9.59 Å². The van der Waals surface area contributed by atoms with Gasteiger partial charge in [0.05, 0.1) is 5.75 Å². The zero-order valence-electron chi connectivity index (χ0n) is 14.4. The van der Waals surface area contributed by atoms with Crippen molar-refractivity contribution in [3.8, 4) is 0 Å². The molecule has 3 N–H and O–H groups in total. The Hall–Kier alpha value is -1.73. The summed E-state index contributed by atoms with van der Waals surface area (Å²) >= 11 is 1.38. The zero-order valence-corrected chi connectivity index (χ0v) is 15.2. The highest BCUT2D eigenvalue weighted by Gasteiger charge is 2.15. The SMILES string of the molecule is Cc1cc(N2CCN(C)CC2)ccc1NC(=O)CCSCC(N)=O. The molecule has 1 aliphatic heterocycles. The van der Waals surface area contributed by atoms with Gasteiger partial charge in [-0.25, -0.2) is 0 Å². The molecular weight excluding hydrogens is 324 g/mol. The normalized spacial score (nSPS) is 15.3. The number of primary amides is 1. The molecule has 2 amide bonds. The van der Waals surface area contributed by atoms with Crippen LogP contribution in [0.15, 0.2) is 18.2 Å². The van der Waals surface area contributed by atoms with Crippen LogP contribution in [0.25, 0.3) is 0 Å². The van der Waals surface area contributed by atoms with Crippen molar-refractivity contribution >= 4 is 35.0 Å². The van der Waals surface area contributed by atoms with Crippen molar-refractivity contribution < 1.29 is 9.59 Å². The number of carbonyl (C=O) groups is 2. The van der Waals surface area contributed by atoms with Crippen LogP contribution in [-0.2, 0) is 9.59 Å². The molecule has 0 unspecified atom stereocenters. The number of likely N-dealkylation sites (N-methyl/N-ethyl adjacent to an activating group) is 1.